The van der Waals surface area contributed by atoms with E-state index in [9.17, 15) is 8.42 Å². The zero-order chi connectivity index (χ0) is 24.8. The average Bonchev–Trinajstić information content (AvgIpc) is 2.86. The lowest BCUT2D eigenvalue weighted by molar-refractivity contribution is 0.414. The molecule has 6 heteroatoms. The second-order valence-electron chi connectivity index (χ2n) is 8.33. The lowest BCUT2D eigenvalue weighted by Gasteiger charge is -2.27. The van der Waals surface area contributed by atoms with Crippen LogP contribution >= 0.6 is 0 Å². The first-order valence-electron chi connectivity index (χ1n) is 11.3. The largest absolute Gasteiger partial charge is 0.497 e. The van der Waals surface area contributed by atoms with Crippen molar-refractivity contribution in [1.29, 1.82) is 0 Å². The second kappa shape index (κ2) is 10.7. The first kappa shape index (κ1) is 24.4. The molecular weight excluding hydrogens is 458 g/mol. The number of para-hydroxylation sites is 2. The van der Waals surface area contributed by atoms with E-state index in [-0.39, 0.29) is 0 Å². The van der Waals surface area contributed by atoms with Crippen LogP contribution in [0.1, 0.15) is 22.3 Å². The van der Waals surface area contributed by atoms with E-state index in [0.29, 0.717) is 24.2 Å². The molecular formula is C29H29NO4S. The van der Waals surface area contributed by atoms with Gasteiger partial charge in [0.15, 0.2) is 0 Å². The van der Waals surface area contributed by atoms with Crippen LogP contribution in [0.15, 0.2) is 97.1 Å². The van der Waals surface area contributed by atoms with Crippen LogP contribution in [-0.4, -0.2) is 28.9 Å². The van der Waals surface area contributed by atoms with E-state index in [4.69, 9.17) is 9.47 Å². The number of benzene rings is 4. The summed E-state index contributed by atoms with van der Waals surface area (Å²) >= 11 is 0. The van der Waals surface area contributed by atoms with Gasteiger partial charge in [0.2, 0.25) is 10.0 Å². The molecule has 180 valence electrons. The number of rotatable bonds is 9. The zero-order valence-corrected chi connectivity index (χ0v) is 21.0. The normalized spacial score (nSPS) is 11.2. The molecule has 0 saturated heterocycles. The molecule has 0 heterocycles. The van der Waals surface area contributed by atoms with Gasteiger partial charge in [0.25, 0.3) is 0 Å². The van der Waals surface area contributed by atoms with Crippen LogP contribution in [0.3, 0.4) is 0 Å². The Hall–Kier alpha value is -3.77. The van der Waals surface area contributed by atoms with Gasteiger partial charge in [0.05, 0.1) is 31.9 Å². The smallest absolute Gasteiger partial charge is 0.236 e. The molecule has 0 unspecified atom stereocenters. The number of methoxy groups -OCH3 is 2. The molecule has 4 aromatic carbocycles. The highest BCUT2D eigenvalue weighted by molar-refractivity contribution is 7.92. The molecule has 0 bridgehead atoms. The van der Waals surface area contributed by atoms with Crippen LogP contribution < -0.4 is 13.8 Å². The predicted octanol–water partition coefficient (Wildman–Crippen LogP) is 5.98. The number of hydrogen-bond acceptors (Lipinski definition) is 4. The van der Waals surface area contributed by atoms with Gasteiger partial charge in [-0.05, 0) is 71.5 Å². The van der Waals surface area contributed by atoms with Crippen LogP contribution in [0.25, 0.3) is 0 Å². The summed E-state index contributed by atoms with van der Waals surface area (Å²) in [4.78, 5) is 0. The lowest BCUT2D eigenvalue weighted by atomic mass is 10.0. The highest BCUT2D eigenvalue weighted by Gasteiger charge is 2.24. The summed E-state index contributed by atoms with van der Waals surface area (Å²) in [5.74, 6) is 1.57. The number of nitrogens with zero attached hydrogens (tertiary/aromatic N) is 1. The van der Waals surface area contributed by atoms with Crippen molar-refractivity contribution in [2.75, 3.05) is 24.8 Å². The summed E-state index contributed by atoms with van der Waals surface area (Å²) in [7, 11) is -0.355. The molecule has 35 heavy (non-hydrogen) atoms. The maximum Gasteiger partial charge on any atom is 0.236 e. The highest BCUT2D eigenvalue weighted by atomic mass is 32.2. The molecule has 4 aromatic rings. The summed E-state index contributed by atoms with van der Waals surface area (Å²) in [6.07, 6.45) is 2.43. The van der Waals surface area contributed by atoms with Crippen molar-refractivity contribution in [1.82, 2.24) is 0 Å². The topological polar surface area (TPSA) is 55.8 Å². The number of sulfonamides is 1. The Kier molecular flexibility index (Phi) is 7.42. The quantitative estimate of drug-likeness (QED) is 0.291. The SMILES string of the molecule is COc1ccc(Cc2ccccc2N(c2ccccc2Cc2ccc(OC)cc2)S(C)(=O)=O)cc1. The van der Waals surface area contributed by atoms with Gasteiger partial charge < -0.3 is 9.47 Å². The van der Waals surface area contributed by atoms with Crippen molar-refractivity contribution in [3.8, 4) is 11.5 Å². The van der Waals surface area contributed by atoms with Crippen LogP contribution in [0.4, 0.5) is 11.4 Å². The van der Waals surface area contributed by atoms with E-state index >= 15 is 0 Å². The minimum atomic E-state index is -3.63. The second-order valence-corrected chi connectivity index (χ2v) is 10.2. The molecule has 0 saturated carbocycles. The lowest BCUT2D eigenvalue weighted by Crippen LogP contribution is -2.27. The van der Waals surface area contributed by atoms with E-state index in [1.165, 1.54) is 10.6 Å². The van der Waals surface area contributed by atoms with Gasteiger partial charge in [0, 0.05) is 0 Å². The van der Waals surface area contributed by atoms with Crippen LogP contribution in [0.2, 0.25) is 0 Å². The third kappa shape index (κ3) is 5.84. The molecule has 4 rings (SSSR count). The molecule has 0 atom stereocenters. The van der Waals surface area contributed by atoms with Crippen LogP contribution in [0, 0.1) is 0 Å². The summed E-state index contributed by atoms with van der Waals surface area (Å²) in [5.41, 5.74) is 5.27. The van der Waals surface area contributed by atoms with Crippen LogP contribution in [-0.2, 0) is 22.9 Å². The van der Waals surface area contributed by atoms with Crippen molar-refractivity contribution in [2.45, 2.75) is 12.8 Å². The molecule has 0 aromatic heterocycles. The number of hydrogen-bond donors (Lipinski definition) is 0. The molecule has 0 aliphatic heterocycles. The molecule has 0 fully saturated rings. The van der Waals surface area contributed by atoms with Gasteiger partial charge in [0.1, 0.15) is 11.5 Å². The standard InChI is InChI=1S/C29H29NO4S/c1-33-26-16-12-22(13-17-26)20-24-8-4-6-10-28(24)30(35(3,31)32)29-11-7-5-9-25(29)21-23-14-18-27(34-2)19-15-23/h4-19H,20-21H2,1-3H3. The molecule has 0 N–H and O–H groups in total. The van der Waals surface area contributed by atoms with E-state index in [0.717, 1.165) is 33.8 Å². The van der Waals surface area contributed by atoms with Gasteiger partial charge in [-0.3, -0.25) is 0 Å². The fourth-order valence-electron chi connectivity index (χ4n) is 4.13. The molecule has 5 nitrogen and oxygen atoms in total. The van der Waals surface area contributed by atoms with Gasteiger partial charge in [-0.15, -0.1) is 0 Å². The molecule has 0 aliphatic carbocycles. The van der Waals surface area contributed by atoms with Crippen molar-refractivity contribution < 1.29 is 17.9 Å². The molecule has 0 amide bonds. The fraction of sp³-hybridized carbons (Fsp3) is 0.172. The minimum absolute atomic E-state index is 0.590. The first-order chi connectivity index (χ1) is 16.9. The predicted molar refractivity (Wildman–Crippen MR) is 141 cm³/mol. The Balaban J connectivity index is 1.75. The Morgan fingerprint density at radius 1 is 0.600 bits per heavy atom. The van der Waals surface area contributed by atoms with Crippen LogP contribution in [0.5, 0.6) is 11.5 Å². The maximum absolute atomic E-state index is 13.2. The van der Waals surface area contributed by atoms with E-state index in [1.807, 2.05) is 97.1 Å². The minimum Gasteiger partial charge on any atom is -0.497 e. The Morgan fingerprint density at radius 3 is 1.31 bits per heavy atom. The van der Waals surface area contributed by atoms with Crippen molar-refractivity contribution in [3.05, 3.63) is 119 Å². The Bertz CT molecular complexity index is 1290. The maximum atomic E-state index is 13.2. The van der Waals surface area contributed by atoms with E-state index in [1.54, 1.807) is 14.2 Å². The summed E-state index contributed by atoms with van der Waals surface area (Å²) < 4.78 is 38.4. The van der Waals surface area contributed by atoms with Crippen molar-refractivity contribution in [3.63, 3.8) is 0 Å². The summed E-state index contributed by atoms with van der Waals surface area (Å²) in [6, 6.07) is 30.9. The Labute approximate surface area is 207 Å². The van der Waals surface area contributed by atoms with Gasteiger partial charge in [-0.2, -0.15) is 0 Å². The van der Waals surface area contributed by atoms with Crippen molar-refractivity contribution >= 4 is 21.4 Å². The average molecular weight is 488 g/mol. The third-order valence-electron chi connectivity index (χ3n) is 5.86. The van der Waals surface area contributed by atoms with Gasteiger partial charge in [-0.1, -0.05) is 60.7 Å². The number of anilines is 2. The Morgan fingerprint density at radius 2 is 0.971 bits per heavy atom. The fourth-order valence-corrected chi connectivity index (χ4v) is 5.20. The molecule has 0 spiro atoms. The third-order valence-corrected chi connectivity index (χ3v) is 6.92. The van der Waals surface area contributed by atoms with E-state index < -0.39 is 10.0 Å². The monoisotopic (exact) mass is 487 g/mol. The van der Waals surface area contributed by atoms with Gasteiger partial charge >= 0.3 is 0 Å². The highest BCUT2D eigenvalue weighted by Crippen LogP contribution is 2.35. The van der Waals surface area contributed by atoms with E-state index in [2.05, 4.69) is 0 Å². The number of ether oxygens (including phenoxy) is 2. The zero-order valence-electron chi connectivity index (χ0n) is 20.1. The van der Waals surface area contributed by atoms with Crippen molar-refractivity contribution in [2.24, 2.45) is 0 Å². The first-order valence-corrected chi connectivity index (χ1v) is 13.2. The summed E-state index contributed by atoms with van der Waals surface area (Å²) in [6.45, 7) is 0. The van der Waals surface area contributed by atoms with Gasteiger partial charge in [-0.25, -0.2) is 12.7 Å². The molecule has 0 aliphatic rings. The summed E-state index contributed by atoms with van der Waals surface area (Å²) in [5, 5.41) is 0. The molecule has 0 radical (unpaired) electrons.